The molecule has 0 atom stereocenters. The summed E-state index contributed by atoms with van der Waals surface area (Å²) in [4.78, 5) is 29.7. The summed E-state index contributed by atoms with van der Waals surface area (Å²) in [5, 5.41) is 18.8. The standard InChI is InChI=1S/C32H27BrN4O4/c33-25-13-15-29-28(18-25)32(38)36(31(35-29)22-8-2-1-3-9-22)34-19-24-17-26(37(39)40)14-16-30(24)41-20-23-11-6-10-21-7-4-5-12-27(21)23/h4-7,10-19,22H,1-3,8-9,20H2. The number of halogens is 1. The molecular weight excluding hydrogens is 584 g/mol. The van der Waals surface area contributed by atoms with Crippen LogP contribution in [0.3, 0.4) is 0 Å². The molecule has 0 radical (unpaired) electrons. The third-order valence-corrected chi connectivity index (χ3v) is 8.08. The molecule has 0 unspecified atom stereocenters. The molecule has 8 nitrogen and oxygen atoms in total. The van der Waals surface area contributed by atoms with Crippen LogP contribution in [0.2, 0.25) is 0 Å². The van der Waals surface area contributed by atoms with Crippen LogP contribution in [-0.4, -0.2) is 20.8 Å². The van der Waals surface area contributed by atoms with Crippen molar-refractivity contribution in [2.75, 3.05) is 0 Å². The van der Waals surface area contributed by atoms with Gasteiger partial charge in [0, 0.05) is 28.1 Å². The Kier molecular flexibility index (Phi) is 7.61. The molecule has 6 rings (SSSR count). The van der Waals surface area contributed by atoms with Crippen LogP contribution < -0.4 is 10.3 Å². The lowest BCUT2D eigenvalue weighted by atomic mass is 9.88. The molecule has 0 aliphatic heterocycles. The van der Waals surface area contributed by atoms with E-state index in [0.29, 0.717) is 28.0 Å². The molecule has 1 aliphatic rings. The number of nitro benzene ring substituents is 1. The fraction of sp³-hybridized carbons (Fsp3) is 0.219. The maximum absolute atomic E-state index is 13.7. The number of nitrogens with zero attached hydrogens (tertiary/aromatic N) is 4. The predicted octanol–water partition coefficient (Wildman–Crippen LogP) is 7.73. The first-order chi connectivity index (χ1) is 20.0. The topological polar surface area (TPSA) is 99.6 Å². The second-order valence-corrected chi connectivity index (χ2v) is 11.1. The molecule has 0 bridgehead atoms. The third kappa shape index (κ3) is 5.63. The average Bonchev–Trinajstić information content (AvgIpc) is 3.00. The number of ether oxygens (including phenoxy) is 1. The van der Waals surface area contributed by atoms with E-state index in [4.69, 9.17) is 9.72 Å². The van der Waals surface area contributed by atoms with Crippen molar-refractivity contribution < 1.29 is 9.66 Å². The minimum absolute atomic E-state index is 0.0932. The van der Waals surface area contributed by atoms with Gasteiger partial charge in [0.1, 0.15) is 18.2 Å². The number of hydrogen-bond donors (Lipinski definition) is 0. The number of benzene rings is 4. The first-order valence-corrected chi connectivity index (χ1v) is 14.4. The van der Waals surface area contributed by atoms with E-state index in [9.17, 15) is 14.9 Å². The number of non-ortho nitro benzene ring substituents is 1. The van der Waals surface area contributed by atoms with E-state index >= 15 is 0 Å². The highest BCUT2D eigenvalue weighted by Gasteiger charge is 2.23. The van der Waals surface area contributed by atoms with E-state index < -0.39 is 4.92 Å². The third-order valence-electron chi connectivity index (χ3n) is 7.58. The Bertz CT molecular complexity index is 1860. The Morgan fingerprint density at radius 3 is 2.63 bits per heavy atom. The van der Waals surface area contributed by atoms with Crippen molar-refractivity contribution in [1.29, 1.82) is 0 Å². The average molecular weight is 611 g/mol. The number of fused-ring (bicyclic) bond motifs is 2. The van der Waals surface area contributed by atoms with E-state index in [0.717, 1.165) is 52.9 Å². The van der Waals surface area contributed by atoms with E-state index in [1.807, 2.05) is 54.6 Å². The highest BCUT2D eigenvalue weighted by molar-refractivity contribution is 9.10. The summed E-state index contributed by atoms with van der Waals surface area (Å²) in [5.74, 6) is 1.15. The fourth-order valence-corrected chi connectivity index (χ4v) is 5.84. The molecule has 1 saturated carbocycles. The lowest BCUT2D eigenvalue weighted by Gasteiger charge is -2.22. The minimum atomic E-state index is -0.458. The second-order valence-electron chi connectivity index (χ2n) is 10.2. The Morgan fingerprint density at radius 2 is 1.80 bits per heavy atom. The smallest absolute Gasteiger partial charge is 0.282 e. The van der Waals surface area contributed by atoms with Gasteiger partial charge < -0.3 is 4.74 Å². The molecule has 0 N–H and O–H groups in total. The summed E-state index contributed by atoms with van der Waals surface area (Å²) in [5.41, 5.74) is 1.64. The summed E-state index contributed by atoms with van der Waals surface area (Å²) in [7, 11) is 0. The van der Waals surface area contributed by atoms with Gasteiger partial charge in [0.2, 0.25) is 0 Å². The Labute approximate surface area is 244 Å². The van der Waals surface area contributed by atoms with E-state index in [-0.39, 0.29) is 23.8 Å². The van der Waals surface area contributed by atoms with Gasteiger partial charge in [-0.2, -0.15) is 9.78 Å². The number of rotatable bonds is 7. The van der Waals surface area contributed by atoms with Gasteiger partial charge >= 0.3 is 0 Å². The molecule has 1 aromatic heterocycles. The van der Waals surface area contributed by atoms with Crippen molar-refractivity contribution in [3.05, 3.63) is 121 Å². The SMILES string of the molecule is O=c1c2cc(Br)ccc2nc(C2CCCCC2)n1N=Cc1cc([N+](=O)[O-])ccc1OCc1cccc2ccccc12. The molecule has 0 amide bonds. The van der Waals surface area contributed by atoms with Gasteiger partial charge in [-0.25, -0.2) is 4.98 Å². The molecule has 1 heterocycles. The van der Waals surface area contributed by atoms with E-state index in [1.165, 1.54) is 23.0 Å². The van der Waals surface area contributed by atoms with E-state index in [1.54, 1.807) is 12.1 Å². The molecule has 206 valence electrons. The zero-order valence-electron chi connectivity index (χ0n) is 22.2. The number of aromatic nitrogens is 2. The van der Waals surface area contributed by atoms with E-state index in [2.05, 4.69) is 21.0 Å². The zero-order valence-corrected chi connectivity index (χ0v) is 23.8. The van der Waals surface area contributed by atoms with Gasteiger partial charge in [-0.05, 0) is 53.4 Å². The first-order valence-electron chi connectivity index (χ1n) is 13.6. The molecule has 0 saturated heterocycles. The Morgan fingerprint density at radius 1 is 1.00 bits per heavy atom. The van der Waals surface area contributed by atoms with Crippen LogP contribution in [-0.2, 0) is 6.61 Å². The molecule has 1 aliphatic carbocycles. The van der Waals surface area contributed by atoms with Crippen molar-refractivity contribution in [2.24, 2.45) is 5.10 Å². The van der Waals surface area contributed by atoms with Crippen molar-refractivity contribution in [3.8, 4) is 5.75 Å². The lowest BCUT2D eigenvalue weighted by Crippen LogP contribution is -2.25. The minimum Gasteiger partial charge on any atom is -0.488 e. The largest absolute Gasteiger partial charge is 0.488 e. The van der Waals surface area contributed by atoms with Crippen LogP contribution in [0, 0.1) is 10.1 Å². The molecule has 41 heavy (non-hydrogen) atoms. The summed E-state index contributed by atoms with van der Waals surface area (Å²) < 4.78 is 8.32. The van der Waals surface area contributed by atoms with Gasteiger partial charge in [-0.15, -0.1) is 0 Å². The molecule has 9 heteroatoms. The van der Waals surface area contributed by atoms with Crippen LogP contribution in [0.1, 0.15) is 55.0 Å². The lowest BCUT2D eigenvalue weighted by molar-refractivity contribution is -0.384. The van der Waals surface area contributed by atoms with Gasteiger partial charge in [-0.1, -0.05) is 77.7 Å². The van der Waals surface area contributed by atoms with Gasteiger partial charge in [0.25, 0.3) is 11.2 Å². The Balaban J connectivity index is 1.41. The summed E-state index contributed by atoms with van der Waals surface area (Å²) >= 11 is 3.45. The molecule has 5 aromatic rings. The summed E-state index contributed by atoms with van der Waals surface area (Å²) in [6, 6.07) is 23.9. The molecule has 1 fully saturated rings. The van der Waals surface area contributed by atoms with Crippen LogP contribution >= 0.6 is 15.9 Å². The predicted molar refractivity (Wildman–Crippen MR) is 164 cm³/mol. The van der Waals surface area contributed by atoms with Gasteiger partial charge in [0.15, 0.2) is 0 Å². The molecule has 4 aromatic carbocycles. The molecule has 0 spiro atoms. The number of hydrogen-bond acceptors (Lipinski definition) is 6. The van der Waals surface area contributed by atoms with Gasteiger partial charge in [-0.3, -0.25) is 14.9 Å². The normalized spacial score (nSPS) is 14.2. The summed E-state index contributed by atoms with van der Waals surface area (Å²) in [6.45, 7) is 0.263. The van der Waals surface area contributed by atoms with Crippen LogP contribution in [0.5, 0.6) is 5.75 Å². The highest BCUT2D eigenvalue weighted by atomic mass is 79.9. The zero-order chi connectivity index (χ0) is 28.3. The van der Waals surface area contributed by atoms with Gasteiger partial charge in [0.05, 0.1) is 22.0 Å². The first kappa shape index (κ1) is 26.8. The second kappa shape index (κ2) is 11.6. The summed E-state index contributed by atoms with van der Waals surface area (Å²) in [6.07, 6.45) is 6.62. The van der Waals surface area contributed by atoms with Crippen LogP contribution in [0.25, 0.3) is 21.7 Å². The maximum Gasteiger partial charge on any atom is 0.282 e. The monoisotopic (exact) mass is 610 g/mol. The van der Waals surface area contributed by atoms with Crippen molar-refractivity contribution in [3.63, 3.8) is 0 Å². The molecular formula is C32H27BrN4O4. The van der Waals surface area contributed by atoms with Crippen molar-refractivity contribution in [1.82, 2.24) is 9.66 Å². The van der Waals surface area contributed by atoms with Crippen molar-refractivity contribution >= 4 is 49.5 Å². The number of nitro groups is 1. The Hall–Kier alpha value is -4.37. The van der Waals surface area contributed by atoms with Crippen molar-refractivity contribution in [2.45, 2.75) is 44.6 Å². The fourth-order valence-electron chi connectivity index (χ4n) is 5.48. The van der Waals surface area contributed by atoms with Crippen LogP contribution in [0.15, 0.2) is 93.2 Å². The maximum atomic E-state index is 13.7. The van der Waals surface area contributed by atoms with Crippen LogP contribution in [0.4, 0.5) is 5.69 Å². The highest BCUT2D eigenvalue weighted by Crippen LogP contribution is 2.32. The quantitative estimate of drug-likeness (QED) is 0.107.